The normalized spacial score (nSPS) is 11.2. The Balaban J connectivity index is 2.83. The van der Waals surface area contributed by atoms with Crippen molar-refractivity contribution in [3.05, 3.63) is 38.9 Å². The molecule has 6 nitrogen and oxygen atoms in total. The van der Waals surface area contributed by atoms with Crippen LogP contribution in [0.15, 0.2) is 18.2 Å². The highest BCUT2D eigenvalue weighted by atomic mass is 35.5. The lowest BCUT2D eigenvalue weighted by Crippen LogP contribution is -2.42. The van der Waals surface area contributed by atoms with Crippen LogP contribution in [-0.2, 0) is 0 Å². The number of benzene rings is 1. The largest absolute Gasteiger partial charge is 0.388 e. The van der Waals surface area contributed by atoms with Crippen LogP contribution < -0.4 is 5.32 Å². The molecule has 20 heavy (non-hydrogen) atoms. The van der Waals surface area contributed by atoms with Crippen molar-refractivity contribution >= 4 is 23.2 Å². The summed E-state index contributed by atoms with van der Waals surface area (Å²) in [6.07, 6.45) is 1.01. The van der Waals surface area contributed by atoms with Crippen LogP contribution in [0.2, 0.25) is 5.02 Å². The van der Waals surface area contributed by atoms with E-state index in [1.807, 2.05) is 13.8 Å². The highest BCUT2D eigenvalue weighted by Gasteiger charge is 2.23. The number of nitrogens with one attached hydrogen (secondary N) is 1. The number of hydrogen-bond donors (Lipinski definition) is 2. The third kappa shape index (κ3) is 3.91. The van der Waals surface area contributed by atoms with Gasteiger partial charge in [0.05, 0.1) is 10.5 Å². The fourth-order valence-corrected chi connectivity index (χ4v) is 1.83. The molecule has 1 aromatic rings. The van der Waals surface area contributed by atoms with Gasteiger partial charge < -0.3 is 10.4 Å². The maximum atomic E-state index is 11.9. The molecule has 0 spiro atoms. The van der Waals surface area contributed by atoms with Crippen LogP contribution in [0, 0.1) is 10.1 Å². The zero-order valence-corrected chi connectivity index (χ0v) is 12.1. The summed E-state index contributed by atoms with van der Waals surface area (Å²) >= 11 is 5.68. The Morgan fingerprint density at radius 2 is 2.05 bits per heavy atom. The molecule has 0 saturated heterocycles. The first kappa shape index (κ1) is 16.4. The van der Waals surface area contributed by atoms with Gasteiger partial charge in [-0.1, -0.05) is 25.4 Å². The minimum Gasteiger partial charge on any atom is -0.388 e. The van der Waals surface area contributed by atoms with Crippen molar-refractivity contribution in [1.29, 1.82) is 0 Å². The maximum absolute atomic E-state index is 11.9. The van der Waals surface area contributed by atoms with Gasteiger partial charge >= 0.3 is 0 Å². The van der Waals surface area contributed by atoms with Gasteiger partial charge in [-0.2, -0.15) is 0 Å². The molecule has 7 heteroatoms. The van der Waals surface area contributed by atoms with Gasteiger partial charge in [-0.25, -0.2) is 0 Å². The van der Waals surface area contributed by atoms with E-state index >= 15 is 0 Å². The molecule has 2 N–H and O–H groups in total. The minimum atomic E-state index is -0.964. The maximum Gasteiger partial charge on any atom is 0.288 e. The molecule has 1 rings (SSSR count). The van der Waals surface area contributed by atoms with Crippen LogP contribution in [0.25, 0.3) is 0 Å². The number of carbonyl (C=O) groups is 1. The number of hydrogen-bond acceptors (Lipinski definition) is 4. The molecular weight excluding hydrogens is 284 g/mol. The highest BCUT2D eigenvalue weighted by molar-refractivity contribution is 6.32. The van der Waals surface area contributed by atoms with E-state index < -0.39 is 16.4 Å². The van der Waals surface area contributed by atoms with E-state index in [1.165, 1.54) is 12.1 Å². The monoisotopic (exact) mass is 300 g/mol. The van der Waals surface area contributed by atoms with Crippen LogP contribution >= 0.6 is 11.6 Å². The smallest absolute Gasteiger partial charge is 0.288 e. The predicted molar refractivity (Wildman–Crippen MR) is 76.0 cm³/mol. The summed E-state index contributed by atoms with van der Waals surface area (Å²) in [6.45, 7) is 3.74. The van der Waals surface area contributed by atoms with Gasteiger partial charge in [0.25, 0.3) is 11.6 Å². The van der Waals surface area contributed by atoms with Crippen LogP contribution in [0.3, 0.4) is 0 Å². The van der Waals surface area contributed by atoms with E-state index in [-0.39, 0.29) is 22.8 Å². The van der Waals surface area contributed by atoms with Crippen molar-refractivity contribution in [2.45, 2.75) is 32.3 Å². The summed E-state index contributed by atoms with van der Waals surface area (Å²) in [7, 11) is 0. The molecule has 0 atom stereocenters. The predicted octanol–water partition coefficient (Wildman–Crippen LogP) is 2.53. The number of nitro benzene ring substituents is 1. The molecule has 0 bridgehead atoms. The van der Waals surface area contributed by atoms with Gasteiger partial charge in [0.1, 0.15) is 5.02 Å². The number of carbonyl (C=O) groups excluding carboxylic acids is 1. The van der Waals surface area contributed by atoms with Gasteiger partial charge in [0.15, 0.2) is 0 Å². The number of nitrogens with zero attached hydrogens (tertiary/aromatic N) is 1. The standard InChI is InChI=1S/C13H17ClN2O4/c1-3-13(18,4-2)8-15-12(17)9-5-6-10(14)11(7-9)16(19)20/h5-7,18H,3-4,8H2,1-2H3,(H,15,17). The molecule has 0 aromatic heterocycles. The number of halogens is 1. The zero-order valence-electron chi connectivity index (χ0n) is 11.4. The van der Waals surface area contributed by atoms with E-state index in [0.29, 0.717) is 12.8 Å². The van der Waals surface area contributed by atoms with Crippen LogP contribution in [-0.4, -0.2) is 28.1 Å². The molecular formula is C13H17ClN2O4. The van der Waals surface area contributed by atoms with E-state index in [1.54, 1.807) is 0 Å². The number of nitro groups is 1. The third-order valence-corrected chi connectivity index (χ3v) is 3.62. The molecule has 1 amide bonds. The first-order chi connectivity index (χ1) is 9.33. The summed E-state index contributed by atoms with van der Waals surface area (Å²) in [4.78, 5) is 22.0. The summed E-state index contributed by atoms with van der Waals surface area (Å²) < 4.78 is 0. The van der Waals surface area contributed by atoms with Crippen molar-refractivity contribution in [1.82, 2.24) is 5.32 Å². The Morgan fingerprint density at radius 1 is 1.45 bits per heavy atom. The third-order valence-electron chi connectivity index (χ3n) is 3.30. The van der Waals surface area contributed by atoms with Crippen molar-refractivity contribution in [3.63, 3.8) is 0 Å². The summed E-state index contributed by atoms with van der Waals surface area (Å²) in [5.74, 6) is -0.481. The molecule has 0 aliphatic heterocycles. The van der Waals surface area contributed by atoms with Crippen molar-refractivity contribution < 1.29 is 14.8 Å². The second kappa shape index (κ2) is 6.67. The lowest BCUT2D eigenvalue weighted by atomic mass is 9.97. The van der Waals surface area contributed by atoms with E-state index in [0.717, 1.165) is 6.07 Å². The van der Waals surface area contributed by atoms with Crippen molar-refractivity contribution in [2.75, 3.05) is 6.54 Å². The Bertz CT molecular complexity index is 515. The fourth-order valence-electron chi connectivity index (χ4n) is 1.64. The Morgan fingerprint density at radius 3 is 2.55 bits per heavy atom. The van der Waals surface area contributed by atoms with Crippen molar-refractivity contribution in [2.24, 2.45) is 0 Å². The van der Waals surface area contributed by atoms with Gasteiger partial charge in [0, 0.05) is 18.2 Å². The number of aliphatic hydroxyl groups is 1. The number of amides is 1. The summed E-state index contributed by atoms with van der Waals surface area (Å²) in [5.41, 5.74) is -1.15. The molecule has 0 aliphatic carbocycles. The molecule has 0 heterocycles. The van der Waals surface area contributed by atoms with Crippen LogP contribution in [0.5, 0.6) is 0 Å². The van der Waals surface area contributed by atoms with Gasteiger partial charge in [-0.05, 0) is 25.0 Å². The van der Waals surface area contributed by atoms with E-state index in [9.17, 15) is 20.0 Å². The molecule has 0 unspecified atom stereocenters. The molecule has 0 saturated carbocycles. The minimum absolute atomic E-state index is 0.0230. The SMILES string of the molecule is CCC(O)(CC)CNC(=O)c1ccc(Cl)c([N+](=O)[O-])c1. The first-order valence-electron chi connectivity index (χ1n) is 6.27. The molecule has 0 radical (unpaired) electrons. The van der Waals surface area contributed by atoms with Gasteiger partial charge in [-0.15, -0.1) is 0 Å². The summed E-state index contributed by atoms with van der Waals surface area (Å²) in [6, 6.07) is 3.83. The van der Waals surface area contributed by atoms with Gasteiger partial charge in [-0.3, -0.25) is 14.9 Å². The van der Waals surface area contributed by atoms with E-state index in [4.69, 9.17) is 11.6 Å². The van der Waals surface area contributed by atoms with Crippen LogP contribution in [0.1, 0.15) is 37.0 Å². The van der Waals surface area contributed by atoms with Crippen LogP contribution in [0.4, 0.5) is 5.69 Å². The quantitative estimate of drug-likeness (QED) is 0.623. The lowest BCUT2D eigenvalue weighted by Gasteiger charge is -2.25. The Kier molecular flexibility index (Phi) is 5.47. The average Bonchev–Trinajstić information content (AvgIpc) is 2.44. The number of rotatable bonds is 6. The second-order valence-electron chi connectivity index (χ2n) is 4.54. The Labute approximate surface area is 121 Å². The average molecular weight is 301 g/mol. The van der Waals surface area contributed by atoms with E-state index in [2.05, 4.69) is 5.32 Å². The molecule has 0 fully saturated rings. The topological polar surface area (TPSA) is 92.5 Å². The van der Waals surface area contributed by atoms with Crippen molar-refractivity contribution in [3.8, 4) is 0 Å². The summed E-state index contributed by atoms with van der Waals surface area (Å²) in [5, 5.41) is 23.4. The molecule has 0 aliphatic rings. The highest BCUT2D eigenvalue weighted by Crippen LogP contribution is 2.25. The molecule has 1 aromatic carbocycles. The van der Waals surface area contributed by atoms with Gasteiger partial charge in [0.2, 0.25) is 0 Å². The Hall–Kier alpha value is -1.66. The second-order valence-corrected chi connectivity index (χ2v) is 4.94. The lowest BCUT2D eigenvalue weighted by molar-refractivity contribution is -0.384. The molecule has 110 valence electrons. The first-order valence-corrected chi connectivity index (χ1v) is 6.65. The zero-order chi connectivity index (χ0) is 15.3. The fraction of sp³-hybridized carbons (Fsp3) is 0.462.